The largest absolute Gasteiger partial charge is 0.497 e. The maximum atomic E-state index is 12.1. The molecule has 1 N–H and O–H groups in total. The average molecular weight is 315 g/mol. The summed E-state index contributed by atoms with van der Waals surface area (Å²) < 4.78 is 10.6. The summed E-state index contributed by atoms with van der Waals surface area (Å²) in [6.45, 7) is 1.68. The van der Waals surface area contributed by atoms with Crippen molar-refractivity contribution < 1.29 is 14.3 Å². The van der Waals surface area contributed by atoms with Crippen molar-refractivity contribution in [2.24, 2.45) is 0 Å². The van der Waals surface area contributed by atoms with Crippen LogP contribution in [0.5, 0.6) is 11.5 Å². The van der Waals surface area contributed by atoms with Crippen molar-refractivity contribution in [2.45, 2.75) is 18.9 Å². The summed E-state index contributed by atoms with van der Waals surface area (Å²) >= 11 is 0. The number of amides is 1. The van der Waals surface area contributed by atoms with E-state index in [1.807, 2.05) is 30.1 Å². The van der Waals surface area contributed by atoms with Gasteiger partial charge in [0.25, 0.3) is 5.91 Å². The molecule has 1 saturated heterocycles. The van der Waals surface area contributed by atoms with Crippen molar-refractivity contribution >= 4 is 18.3 Å². The topological polar surface area (TPSA) is 50.8 Å². The van der Waals surface area contributed by atoms with Crippen molar-refractivity contribution in [1.82, 2.24) is 10.2 Å². The predicted molar refractivity (Wildman–Crippen MR) is 84.4 cm³/mol. The van der Waals surface area contributed by atoms with Crippen LogP contribution in [0.3, 0.4) is 0 Å². The maximum absolute atomic E-state index is 12.1. The third-order valence-electron chi connectivity index (χ3n) is 3.66. The number of carbonyl (C=O) groups excluding carboxylic acids is 1. The molecule has 1 aromatic rings. The van der Waals surface area contributed by atoms with Crippen molar-refractivity contribution in [3.05, 3.63) is 24.3 Å². The zero-order valence-corrected chi connectivity index (χ0v) is 13.3. The van der Waals surface area contributed by atoms with Gasteiger partial charge in [0.15, 0.2) is 6.61 Å². The molecule has 2 rings (SSSR count). The number of hydrogen-bond donors (Lipinski definition) is 1. The second kappa shape index (κ2) is 8.74. The Kier molecular flexibility index (Phi) is 7.32. The molecule has 21 heavy (non-hydrogen) atoms. The van der Waals surface area contributed by atoms with E-state index in [-0.39, 0.29) is 24.9 Å². The van der Waals surface area contributed by atoms with E-state index in [0.29, 0.717) is 11.8 Å². The molecule has 1 aliphatic heterocycles. The first-order valence-electron chi connectivity index (χ1n) is 6.95. The van der Waals surface area contributed by atoms with Gasteiger partial charge in [0.2, 0.25) is 0 Å². The highest BCUT2D eigenvalue weighted by molar-refractivity contribution is 5.85. The normalized spacial score (nSPS) is 15.2. The van der Waals surface area contributed by atoms with E-state index in [4.69, 9.17) is 9.47 Å². The lowest BCUT2D eigenvalue weighted by Crippen LogP contribution is -2.45. The third kappa shape index (κ3) is 5.10. The fourth-order valence-electron chi connectivity index (χ4n) is 2.34. The molecule has 0 atom stereocenters. The molecule has 0 aromatic heterocycles. The first-order chi connectivity index (χ1) is 9.72. The summed E-state index contributed by atoms with van der Waals surface area (Å²) in [5.41, 5.74) is 0. The highest BCUT2D eigenvalue weighted by Crippen LogP contribution is 2.19. The van der Waals surface area contributed by atoms with Gasteiger partial charge in [-0.2, -0.15) is 0 Å². The molecule has 0 unspecified atom stereocenters. The molecule has 0 radical (unpaired) electrons. The van der Waals surface area contributed by atoms with Gasteiger partial charge < -0.3 is 19.7 Å². The van der Waals surface area contributed by atoms with Gasteiger partial charge in [0.05, 0.1) is 7.11 Å². The van der Waals surface area contributed by atoms with E-state index in [9.17, 15) is 4.79 Å². The van der Waals surface area contributed by atoms with E-state index in [2.05, 4.69) is 5.32 Å². The minimum atomic E-state index is 0. The Bertz CT molecular complexity index is 448. The number of nitrogens with zero attached hydrogens (tertiary/aromatic N) is 1. The van der Waals surface area contributed by atoms with Gasteiger partial charge in [-0.1, -0.05) is 6.07 Å². The standard InChI is InChI=1S/C15H22N2O3.ClH/c1-16-12-6-8-17(9-7-12)15(18)11-20-14-5-3-4-13(10-14)19-2;/h3-5,10,12,16H,6-9,11H2,1-2H3;1H. The lowest BCUT2D eigenvalue weighted by atomic mass is 10.1. The van der Waals surface area contributed by atoms with E-state index < -0.39 is 0 Å². The van der Waals surface area contributed by atoms with E-state index >= 15 is 0 Å². The Morgan fingerprint density at radius 2 is 2.00 bits per heavy atom. The quantitative estimate of drug-likeness (QED) is 0.899. The molecule has 0 aliphatic carbocycles. The van der Waals surface area contributed by atoms with Gasteiger partial charge >= 0.3 is 0 Å². The summed E-state index contributed by atoms with van der Waals surface area (Å²) in [7, 11) is 3.57. The van der Waals surface area contributed by atoms with Crippen LogP contribution in [0.15, 0.2) is 24.3 Å². The SMILES string of the molecule is CNC1CCN(C(=O)COc2cccc(OC)c2)CC1.Cl. The number of hydrogen-bond acceptors (Lipinski definition) is 4. The molecule has 1 amide bonds. The van der Waals surface area contributed by atoms with Crippen molar-refractivity contribution in [2.75, 3.05) is 33.9 Å². The highest BCUT2D eigenvalue weighted by atomic mass is 35.5. The first-order valence-corrected chi connectivity index (χ1v) is 6.95. The fraction of sp³-hybridized carbons (Fsp3) is 0.533. The molecule has 0 bridgehead atoms. The smallest absolute Gasteiger partial charge is 0.260 e. The Hall–Kier alpha value is -1.46. The van der Waals surface area contributed by atoms with Crippen LogP contribution in [0.2, 0.25) is 0 Å². The van der Waals surface area contributed by atoms with Gasteiger partial charge in [0, 0.05) is 25.2 Å². The summed E-state index contributed by atoms with van der Waals surface area (Å²) in [6.07, 6.45) is 2.00. The van der Waals surface area contributed by atoms with Crippen molar-refractivity contribution in [3.8, 4) is 11.5 Å². The number of rotatable bonds is 5. The van der Waals surface area contributed by atoms with Crippen LogP contribution in [0, 0.1) is 0 Å². The van der Waals surface area contributed by atoms with Crippen LogP contribution in [0.1, 0.15) is 12.8 Å². The molecule has 6 heteroatoms. The molecule has 1 fully saturated rings. The van der Waals surface area contributed by atoms with E-state index in [1.165, 1.54) is 0 Å². The lowest BCUT2D eigenvalue weighted by molar-refractivity contribution is -0.134. The third-order valence-corrected chi connectivity index (χ3v) is 3.66. The zero-order valence-electron chi connectivity index (χ0n) is 12.5. The number of methoxy groups -OCH3 is 1. The maximum Gasteiger partial charge on any atom is 0.260 e. The van der Waals surface area contributed by atoms with Crippen LogP contribution in [-0.4, -0.2) is 50.7 Å². The number of benzene rings is 1. The lowest BCUT2D eigenvalue weighted by Gasteiger charge is -2.31. The van der Waals surface area contributed by atoms with Crippen LogP contribution in [0.25, 0.3) is 0 Å². The molecule has 0 spiro atoms. The van der Waals surface area contributed by atoms with Gasteiger partial charge in [-0.15, -0.1) is 12.4 Å². The summed E-state index contributed by atoms with van der Waals surface area (Å²) in [4.78, 5) is 13.9. The first kappa shape index (κ1) is 17.6. The van der Waals surface area contributed by atoms with Crippen molar-refractivity contribution in [1.29, 1.82) is 0 Å². The predicted octanol–water partition coefficient (Wildman–Crippen LogP) is 1.71. The second-order valence-corrected chi connectivity index (χ2v) is 4.91. The minimum absolute atomic E-state index is 0. The molecule has 1 aromatic carbocycles. The zero-order chi connectivity index (χ0) is 14.4. The van der Waals surface area contributed by atoms with E-state index in [1.54, 1.807) is 13.2 Å². The van der Waals surface area contributed by atoms with Crippen LogP contribution in [-0.2, 0) is 4.79 Å². The Morgan fingerprint density at radius 1 is 1.33 bits per heavy atom. The number of piperidine rings is 1. The number of ether oxygens (including phenoxy) is 2. The average Bonchev–Trinajstić information content (AvgIpc) is 2.53. The van der Waals surface area contributed by atoms with Crippen LogP contribution >= 0.6 is 12.4 Å². The van der Waals surface area contributed by atoms with Gasteiger partial charge in [-0.25, -0.2) is 0 Å². The van der Waals surface area contributed by atoms with Gasteiger partial charge in [-0.3, -0.25) is 4.79 Å². The molecule has 118 valence electrons. The van der Waals surface area contributed by atoms with E-state index in [0.717, 1.165) is 31.7 Å². The summed E-state index contributed by atoms with van der Waals surface area (Å²) in [5, 5.41) is 3.25. The Balaban J connectivity index is 0.00000220. The number of likely N-dealkylation sites (tertiary alicyclic amines) is 1. The van der Waals surface area contributed by atoms with Crippen molar-refractivity contribution in [3.63, 3.8) is 0 Å². The minimum Gasteiger partial charge on any atom is -0.497 e. The van der Waals surface area contributed by atoms with Gasteiger partial charge in [0.1, 0.15) is 11.5 Å². The number of nitrogens with one attached hydrogen (secondary N) is 1. The number of carbonyl (C=O) groups is 1. The van der Waals surface area contributed by atoms with Gasteiger partial charge in [-0.05, 0) is 32.0 Å². The Labute approximate surface area is 132 Å². The molecule has 0 saturated carbocycles. The molecular weight excluding hydrogens is 292 g/mol. The molecule has 5 nitrogen and oxygen atoms in total. The van der Waals surface area contributed by atoms with Crippen LogP contribution < -0.4 is 14.8 Å². The monoisotopic (exact) mass is 314 g/mol. The molecule has 1 aliphatic rings. The molecular formula is C15H23ClN2O3. The number of halogens is 1. The highest BCUT2D eigenvalue weighted by Gasteiger charge is 2.21. The van der Waals surface area contributed by atoms with Crippen LogP contribution in [0.4, 0.5) is 0 Å². The fourth-order valence-corrected chi connectivity index (χ4v) is 2.34. The second-order valence-electron chi connectivity index (χ2n) is 4.91. The summed E-state index contributed by atoms with van der Waals surface area (Å²) in [6, 6.07) is 7.82. The Morgan fingerprint density at radius 3 is 2.62 bits per heavy atom. The molecule has 1 heterocycles. The summed E-state index contributed by atoms with van der Waals surface area (Å²) in [5.74, 6) is 1.43.